The van der Waals surface area contributed by atoms with Gasteiger partial charge in [0.2, 0.25) is 0 Å². The second kappa shape index (κ2) is 7.86. The summed E-state index contributed by atoms with van der Waals surface area (Å²) >= 11 is 0. The summed E-state index contributed by atoms with van der Waals surface area (Å²) in [6, 6.07) is 20.2. The second-order valence-corrected chi connectivity index (χ2v) is 5.86. The molecule has 0 fully saturated rings. The molecule has 0 radical (unpaired) electrons. The molecule has 5 heteroatoms. The summed E-state index contributed by atoms with van der Waals surface area (Å²) in [5.74, 6) is 0. The molecular formula is C19H22N4O. The molecule has 0 amide bonds. The van der Waals surface area contributed by atoms with Crippen molar-refractivity contribution >= 4 is 0 Å². The van der Waals surface area contributed by atoms with Crippen molar-refractivity contribution in [2.45, 2.75) is 26.1 Å². The molecule has 0 saturated carbocycles. The van der Waals surface area contributed by atoms with Gasteiger partial charge in [0.05, 0.1) is 12.6 Å². The molecule has 0 saturated heterocycles. The Morgan fingerprint density at radius 3 is 2.33 bits per heavy atom. The first kappa shape index (κ1) is 16.4. The highest BCUT2D eigenvalue weighted by Crippen LogP contribution is 2.20. The minimum Gasteiger partial charge on any atom is -0.392 e. The molecule has 1 atom stereocenters. The van der Waals surface area contributed by atoms with Crippen molar-refractivity contribution in [2.75, 3.05) is 6.54 Å². The topological polar surface area (TPSA) is 63.0 Å². The average Bonchev–Trinajstić information content (AvgIpc) is 2.99. The highest BCUT2D eigenvalue weighted by molar-refractivity contribution is 5.60. The van der Waals surface area contributed by atoms with Crippen molar-refractivity contribution in [3.63, 3.8) is 0 Å². The molecule has 3 rings (SSSR count). The van der Waals surface area contributed by atoms with Gasteiger partial charge in [0.25, 0.3) is 0 Å². The van der Waals surface area contributed by atoms with Gasteiger partial charge in [-0.05, 0) is 12.5 Å². The van der Waals surface area contributed by atoms with Crippen molar-refractivity contribution in [2.24, 2.45) is 0 Å². The highest BCUT2D eigenvalue weighted by atomic mass is 16.3. The van der Waals surface area contributed by atoms with Gasteiger partial charge in [0.15, 0.2) is 0 Å². The lowest BCUT2D eigenvalue weighted by molar-refractivity contribution is 0.191. The number of benzene rings is 2. The fraction of sp³-hybridized carbons (Fsp3) is 0.263. The Morgan fingerprint density at radius 2 is 1.67 bits per heavy atom. The van der Waals surface area contributed by atoms with Gasteiger partial charge >= 0.3 is 0 Å². The predicted molar refractivity (Wildman–Crippen MR) is 94.4 cm³/mol. The maximum Gasteiger partial charge on any atom is 0.117 e. The molecule has 0 spiro atoms. The van der Waals surface area contributed by atoms with Crippen LogP contribution >= 0.6 is 0 Å². The third-order valence-electron chi connectivity index (χ3n) is 3.67. The number of aromatic nitrogens is 3. The van der Waals surface area contributed by atoms with E-state index < -0.39 is 0 Å². The van der Waals surface area contributed by atoms with E-state index in [1.54, 1.807) is 11.7 Å². The maximum absolute atomic E-state index is 9.41. The van der Waals surface area contributed by atoms with Crippen molar-refractivity contribution < 1.29 is 5.11 Å². The van der Waals surface area contributed by atoms with E-state index in [0.29, 0.717) is 19.6 Å². The molecule has 124 valence electrons. The molecule has 1 aromatic heterocycles. The summed E-state index contributed by atoms with van der Waals surface area (Å²) in [4.78, 5) is 1.73. The minimum absolute atomic E-state index is 0.385. The van der Waals surface area contributed by atoms with Crippen molar-refractivity contribution in [1.82, 2.24) is 20.3 Å². The molecule has 2 aromatic carbocycles. The Bertz CT molecular complexity index is 754. The van der Waals surface area contributed by atoms with Crippen LogP contribution in [0.5, 0.6) is 0 Å². The summed E-state index contributed by atoms with van der Waals surface area (Å²) < 4.78 is 0. The third-order valence-corrected chi connectivity index (χ3v) is 3.67. The number of nitrogens with one attached hydrogen (secondary N) is 1. The molecule has 0 aliphatic carbocycles. The summed E-state index contributed by atoms with van der Waals surface area (Å²) in [7, 11) is 0. The zero-order valence-electron chi connectivity index (χ0n) is 13.8. The first-order chi connectivity index (χ1) is 11.7. The zero-order valence-corrected chi connectivity index (χ0v) is 13.8. The van der Waals surface area contributed by atoms with Crippen LogP contribution in [0.25, 0.3) is 11.3 Å². The molecule has 2 N–H and O–H groups in total. The molecule has 0 unspecified atom stereocenters. The second-order valence-electron chi connectivity index (χ2n) is 5.86. The Kier molecular flexibility index (Phi) is 5.36. The zero-order chi connectivity index (χ0) is 16.8. The maximum atomic E-state index is 9.41. The van der Waals surface area contributed by atoms with Gasteiger partial charge in [0, 0.05) is 18.7 Å². The molecule has 0 aliphatic rings. The van der Waals surface area contributed by atoms with E-state index in [9.17, 15) is 5.11 Å². The van der Waals surface area contributed by atoms with Gasteiger partial charge in [-0.3, -0.25) is 0 Å². The normalized spacial score (nSPS) is 12.2. The number of rotatable bonds is 7. The van der Waals surface area contributed by atoms with Crippen LogP contribution in [-0.2, 0) is 13.1 Å². The monoisotopic (exact) mass is 322 g/mol. The van der Waals surface area contributed by atoms with E-state index in [1.165, 1.54) is 0 Å². The number of nitrogens with zero attached hydrogens (tertiary/aromatic N) is 3. The van der Waals surface area contributed by atoms with E-state index in [1.807, 2.05) is 48.5 Å². The standard InChI is InChI=1S/C19H22N4O/c1-15(24)12-20-13-18-19(17-10-6-3-7-11-17)22-23(21-18)14-16-8-4-2-5-9-16/h2-11,15,20,24H,12-14H2,1H3/t15-/m0/s1. The van der Waals surface area contributed by atoms with E-state index in [4.69, 9.17) is 0 Å². The molecular weight excluding hydrogens is 300 g/mol. The SMILES string of the molecule is C[C@H](O)CNCc1nn(Cc2ccccc2)nc1-c1ccccc1. The molecule has 3 aromatic rings. The molecule has 1 heterocycles. The van der Waals surface area contributed by atoms with Gasteiger partial charge < -0.3 is 10.4 Å². The molecule has 5 nitrogen and oxygen atoms in total. The van der Waals surface area contributed by atoms with Crippen molar-refractivity contribution in [3.05, 3.63) is 71.9 Å². The fourth-order valence-electron chi connectivity index (χ4n) is 2.54. The van der Waals surface area contributed by atoms with Crippen LogP contribution in [0.15, 0.2) is 60.7 Å². The van der Waals surface area contributed by atoms with E-state index in [0.717, 1.165) is 22.5 Å². The molecule has 24 heavy (non-hydrogen) atoms. The van der Waals surface area contributed by atoms with Crippen LogP contribution in [0.4, 0.5) is 0 Å². The van der Waals surface area contributed by atoms with Crippen LogP contribution in [0.3, 0.4) is 0 Å². The van der Waals surface area contributed by atoms with Crippen LogP contribution in [-0.4, -0.2) is 32.7 Å². The Morgan fingerprint density at radius 1 is 1.00 bits per heavy atom. The van der Waals surface area contributed by atoms with E-state index in [2.05, 4.69) is 27.6 Å². The third kappa shape index (κ3) is 4.28. The Hall–Kier alpha value is -2.50. The quantitative estimate of drug-likeness (QED) is 0.701. The van der Waals surface area contributed by atoms with Gasteiger partial charge in [-0.25, -0.2) is 0 Å². The number of hydrogen-bond donors (Lipinski definition) is 2. The fourth-order valence-corrected chi connectivity index (χ4v) is 2.54. The number of aliphatic hydroxyl groups is 1. The summed E-state index contributed by atoms with van der Waals surface area (Å²) in [5.41, 5.74) is 3.98. The van der Waals surface area contributed by atoms with Gasteiger partial charge in [-0.1, -0.05) is 60.7 Å². The van der Waals surface area contributed by atoms with Gasteiger partial charge in [0.1, 0.15) is 11.4 Å². The Balaban J connectivity index is 1.84. The molecule has 0 bridgehead atoms. The van der Waals surface area contributed by atoms with E-state index >= 15 is 0 Å². The van der Waals surface area contributed by atoms with Crippen LogP contribution in [0.1, 0.15) is 18.2 Å². The predicted octanol–water partition coefficient (Wildman–Crippen LogP) is 2.46. The first-order valence-corrected chi connectivity index (χ1v) is 8.14. The summed E-state index contributed by atoms with van der Waals surface area (Å²) in [6.07, 6.45) is -0.385. The highest BCUT2D eigenvalue weighted by Gasteiger charge is 2.13. The lowest BCUT2D eigenvalue weighted by Gasteiger charge is -2.05. The minimum atomic E-state index is -0.385. The lowest BCUT2D eigenvalue weighted by Crippen LogP contribution is -2.24. The summed E-state index contributed by atoms with van der Waals surface area (Å²) in [5, 5.41) is 22.0. The molecule has 0 aliphatic heterocycles. The summed E-state index contributed by atoms with van der Waals surface area (Å²) in [6.45, 7) is 3.50. The van der Waals surface area contributed by atoms with Crippen molar-refractivity contribution in [3.8, 4) is 11.3 Å². The first-order valence-electron chi connectivity index (χ1n) is 8.14. The number of aliphatic hydroxyl groups excluding tert-OH is 1. The van der Waals surface area contributed by atoms with E-state index in [-0.39, 0.29) is 6.10 Å². The lowest BCUT2D eigenvalue weighted by atomic mass is 10.1. The van der Waals surface area contributed by atoms with Crippen LogP contribution in [0, 0.1) is 0 Å². The van der Waals surface area contributed by atoms with Crippen LogP contribution in [0.2, 0.25) is 0 Å². The smallest absolute Gasteiger partial charge is 0.117 e. The largest absolute Gasteiger partial charge is 0.392 e. The Labute approximate surface area is 142 Å². The van der Waals surface area contributed by atoms with Crippen LogP contribution < -0.4 is 5.32 Å². The number of hydrogen-bond acceptors (Lipinski definition) is 4. The van der Waals surface area contributed by atoms with Gasteiger partial charge in [-0.2, -0.15) is 15.0 Å². The van der Waals surface area contributed by atoms with Gasteiger partial charge in [-0.15, -0.1) is 0 Å². The average molecular weight is 322 g/mol. The van der Waals surface area contributed by atoms with Crippen molar-refractivity contribution in [1.29, 1.82) is 0 Å².